The highest BCUT2D eigenvalue weighted by Gasteiger charge is 2.34. The summed E-state index contributed by atoms with van der Waals surface area (Å²) in [6.07, 6.45) is 0. The van der Waals surface area contributed by atoms with Crippen molar-refractivity contribution in [2.24, 2.45) is 5.92 Å². The summed E-state index contributed by atoms with van der Waals surface area (Å²) in [4.78, 5) is 19.4. The molecule has 0 radical (unpaired) electrons. The van der Waals surface area contributed by atoms with Crippen LogP contribution in [0.3, 0.4) is 0 Å². The van der Waals surface area contributed by atoms with Crippen LogP contribution in [0.2, 0.25) is 0 Å². The van der Waals surface area contributed by atoms with Crippen molar-refractivity contribution < 1.29 is 4.79 Å². The summed E-state index contributed by atoms with van der Waals surface area (Å²) in [5.74, 6) is 0.123. The van der Waals surface area contributed by atoms with Crippen LogP contribution in [0, 0.1) is 26.7 Å². The average Bonchev–Trinajstić information content (AvgIpc) is 2.92. The number of carbonyl (C=O) groups excluding carboxylic acids is 1. The number of hydrogen-bond acceptors (Lipinski definition) is 4. The third-order valence-corrected chi connectivity index (χ3v) is 5.86. The Morgan fingerprint density at radius 3 is 2.60 bits per heavy atom. The number of aromatic nitrogens is 1. The number of para-hydroxylation sites is 1. The first-order valence-electron chi connectivity index (χ1n) is 8.50. The lowest BCUT2D eigenvalue weighted by atomic mass is 9.99. The number of aryl methyl sites for hydroxylation is 3. The van der Waals surface area contributed by atoms with Gasteiger partial charge in [0.05, 0.1) is 16.1 Å². The second-order valence-electron chi connectivity index (χ2n) is 6.83. The molecule has 1 N–H and O–H groups in total. The maximum atomic E-state index is 12.5. The Bertz CT molecular complexity index is 936. The minimum Gasteiger partial charge on any atom is -0.346 e. The van der Waals surface area contributed by atoms with E-state index in [1.54, 1.807) is 11.3 Å². The fourth-order valence-corrected chi connectivity index (χ4v) is 4.27. The van der Waals surface area contributed by atoms with Gasteiger partial charge in [-0.15, -0.1) is 0 Å². The van der Waals surface area contributed by atoms with E-state index in [2.05, 4.69) is 35.3 Å². The fraction of sp³-hybridized carbons (Fsp3) is 0.300. The highest BCUT2D eigenvalue weighted by molar-refractivity contribution is 7.22. The van der Waals surface area contributed by atoms with Crippen molar-refractivity contribution in [1.29, 1.82) is 0 Å². The van der Waals surface area contributed by atoms with Crippen molar-refractivity contribution in [3.05, 3.63) is 53.1 Å². The van der Waals surface area contributed by atoms with E-state index < -0.39 is 0 Å². The van der Waals surface area contributed by atoms with Gasteiger partial charge in [-0.1, -0.05) is 35.6 Å². The SMILES string of the molecule is Cc1ccc2nc(N3CC(C(=O)Nc4c(C)cccc4C)C3)sc2c1. The van der Waals surface area contributed by atoms with Crippen molar-refractivity contribution >= 4 is 38.3 Å². The number of hydrogen-bond donors (Lipinski definition) is 1. The van der Waals surface area contributed by atoms with Crippen LogP contribution >= 0.6 is 11.3 Å². The van der Waals surface area contributed by atoms with Crippen LogP contribution < -0.4 is 10.2 Å². The number of nitrogens with zero attached hydrogens (tertiary/aromatic N) is 2. The van der Waals surface area contributed by atoms with Crippen LogP contribution in [0.1, 0.15) is 16.7 Å². The Labute approximate surface area is 151 Å². The molecular weight excluding hydrogens is 330 g/mol. The zero-order chi connectivity index (χ0) is 17.6. The molecule has 0 unspecified atom stereocenters. The van der Waals surface area contributed by atoms with Crippen molar-refractivity contribution in [1.82, 2.24) is 4.98 Å². The zero-order valence-electron chi connectivity index (χ0n) is 14.7. The molecule has 1 aromatic heterocycles. The van der Waals surface area contributed by atoms with Gasteiger partial charge in [0.1, 0.15) is 0 Å². The fourth-order valence-electron chi connectivity index (χ4n) is 3.19. The Kier molecular flexibility index (Phi) is 3.96. The molecule has 0 atom stereocenters. The number of carbonyl (C=O) groups is 1. The smallest absolute Gasteiger partial charge is 0.231 e. The van der Waals surface area contributed by atoms with E-state index in [1.807, 2.05) is 32.0 Å². The molecule has 1 fully saturated rings. The lowest BCUT2D eigenvalue weighted by molar-refractivity contribution is -0.120. The number of benzene rings is 2. The lowest BCUT2D eigenvalue weighted by Crippen LogP contribution is -2.52. The molecule has 1 amide bonds. The quantitative estimate of drug-likeness (QED) is 0.765. The van der Waals surface area contributed by atoms with Crippen molar-refractivity contribution in [2.75, 3.05) is 23.3 Å². The van der Waals surface area contributed by atoms with E-state index in [1.165, 1.54) is 10.3 Å². The van der Waals surface area contributed by atoms with E-state index in [0.29, 0.717) is 0 Å². The molecule has 5 heteroatoms. The molecule has 2 aromatic carbocycles. The molecule has 4 rings (SSSR count). The van der Waals surface area contributed by atoms with Gasteiger partial charge in [0, 0.05) is 18.8 Å². The average molecular weight is 351 g/mol. The predicted octanol–water partition coefficient (Wildman–Crippen LogP) is 4.30. The number of fused-ring (bicyclic) bond motifs is 1. The van der Waals surface area contributed by atoms with E-state index in [9.17, 15) is 4.79 Å². The van der Waals surface area contributed by atoms with Crippen LogP contribution in [-0.2, 0) is 4.79 Å². The molecule has 25 heavy (non-hydrogen) atoms. The number of rotatable bonds is 3. The van der Waals surface area contributed by atoms with Crippen molar-refractivity contribution in [3.63, 3.8) is 0 Å². The van der Waals surface area contributed by atoms with E-state index in [4.69, 9.17) is 4.98 Å². The molecule has 3 aromatic rings. The highest BCUT2D eigenvalue weighted by atomic mass is 32.1. The van der Waals surface area contributed by atoms with Crippen LogP contribution in [0.25, 0.3) is 10.2 Å². The first-order valence-corrected chi connectivity index (χ1v) is 9.32. The van der Waals surface area contributed by atoms with Crippen LogP contribution in [0.15, 0.2) is 36.4 Å². The molecule has 2 heterocycles. The van der Waals surface area contributed by atoms with E-state index >= 15 is 0 Å². The van der Waals surface area contributed by atoms with Gasteiger partial charge in [-0.3, -0.25) is 4.79 Å². The van der Waals surface area contributed by atoms with Gasteiger partial charge in [-0.25, -0.2) is 4.98 Å². The third-order valence-electron chi connectivity index (χ3n) is 4.78. The second-order valence-corrected chi connectivity index (χ2v) is 7.83. The highest BCUT2D eigenvalue weighted by Crippen LogP contribution is 2.34. The zero-order valence-corrected chi connectivity index (χ0v) is 15.5. The molecule has 1 aliphatic rings. The molecule has 0 aliphatic carbocycles. The maximum Gasteiger partial charge on any atom is 0.231 e. The van der Waals surface area contributed by atoms with Gasteiger partial charge in [0.15, 0.2) is 5.13 Å². The third kappa shape index (κ3) is 3.00. The number of anilines is 2. The molecule has 128 valence electrons. The summed E-state index contributed by atoms with van der Waals surface area (Å²) in [6.45, 7) is 7.61. The van der Waals surface area contributed by atoms with Gasteiger partial charge in [0.2, 0.25) is 5.91 Å². The van der Waals surface area contributed by atoms with Gasteiger partial charge in [0.25, 0.3) is 0 Å². The first kappa shape index (κ1) is 16.1. The van der Waals surface area contributed by atoms with Crippen LogP contribution in [-0.4, -0.2) is 24.0 Å². The summed E-state index contributed by atoms with van der Waals surface area (Å²) in [6, 6.07) is 12.4. The van der Waals surface area contributed by atoms with Crippen LogP contribution in [0.5, 0.6) is 0 Å². The molecular formula is C20H21N3OS. The van der Waals surface area contributed by atoms with E-state index in [-0.39, 0.29) is 11.8 Å². The van der Waals surface area contributed by atoms with Crippen LogP contribution in [0.4, 0.5) is 10.8 Å². The van der Waals surface area contributed by atoms with Gasteiger partial charge >= 0.3 is 0 Å². The Balaban J connectivity index is 1.43. The maximum absolute atomic E-state index is 12.5. The van der Waals surface area contributed by atoms with Crippen molar-refractivity contribution in [3.8, 4) is 0 Å². The minimum absolute atomic E-state index is 0.0211. The summed E-state index contributed by atoms with van der Waals surface area (Å²) >= 11 is 1.70. The van der Waals surface area contributed by atoms with Gasteiger partial charge < -0.3 is 10.2 Å². The molecule has 0 spiro atoms. The monoisotopic (exact) mass is 351 g/mol. The normalized spacial score (nSPS) is 14.6. The number of amides is 1. The predicted molar refractivity (Wildman–Crippen MR) is 105 cm³/mol. The largest absolute Gasteiger partial charge is 0.346 e. The van der Waals surface area contributed by atoms with Gasteiger partial charge in [-0.05, 0) is 49.6 Å². The lowest BCUT2D eigenvalue weighted by Gasteiger charge is -2.38. The van der Waals surface area contributed by atoms with Crippen molar-refractivity contribution in [2.45, 2.75) is 20.8 Å². The molecule has 1 saturated heterocycles. The summed E-state index contributed by atoms with van der Waals surface area (Å²) < 4.78 is 1.21. The Hall–Kier alpha value is -2.40. The second kappa shape index (κ2) is 6.15. The summed E-state index contributed by atoms with van der Waals surface area (Å²) in [5, 5.41) is 4.11. The van der Waals surface area contributed by atoms with Gasteiger partial charge in [-0.2, -0.15) is 0 Å². The first-order chi connectivity index (χ1) is 12.0. The number of nitrogens with one attached hydrogen (secondary N) is 1. The Morgan fingerprint density at radius 2 is 1.88 bits per heavy atom. The summed E-state index contributed by atoms with van der Waals surface area (Å²) in [7, 11) is 0. The molecule has 4 nitrogen and oxygen atoms in total. The standard InChI is InChI=1S/C20H21N3OS/c1-12-7-8-16-17(9-12)25-20(21-16)23-10-15(11-23)19(24)22-18-13(2)5-4-6-14(18)3/h4-9,15H,10-11H2,1-3H3,(H,22,24). The molecule has 0 bridgehead atoms. The topological polar surface area (TPSA) is 45.2 Å². The summed E-state index contributed by atoms with van der Waals surface area (Å²) in [5.41, 5.74) is 5.43. The van der Waals surface area contributed by atoms with E-state index in [0.717, 1.165) is 40.6 Å². The minimum atomic E-state index is 0.0211. The Morgan fingerprint density at radius 1 is 1.16 bits per heavy atom. The molecule has 1 aliphatic heterocycles. The number of thiazole rings is 1. The molecule has 0 saturated carbocycles.